The minimum Gasteiger partial charge on any atom is -0.375 e. The van der Waals surface area contributed by atoms with Crippen LogP contribution in [0.1, 0.15) is 5.56 Å². The van der Waals surface area contributed by atoms with Gasteiger partial charge in [-0.05, 0) is 6.07 Å². The molecule has 0 aliphatic rings. The molecule has 0 unspecified atom stereocenters. The van der Waals surface area contributed by atoms with Gasteiger partial charge >= 0.3 is 6.18 Å². The number of nitriles is 1. The summed E-state index contributed by atoms with van der Waals surface area (Å²) in [5.74, 6) is 0. The van der Waals surface area contributed by atoms with E-state index in [4.69, 9.17) is 5.26 Å². The Balaban J connectivity index is 2.49. The number of alkyl halides is 3. The van der Waals surface area contributed by atoms with E-state index in [1.54, 1.807) is 24.3 Å². The van der Waals surface area contributed by atoms with E-state index in [1.165, 1.54) is 6.20 Å². The first-order valence-electron chi connectivity index (χ1n) is 5.10. The number of benzene rings is 1. The van der Waals surface area contributed by atoms with E-state index in [0.29, 0.717) is 10.9 Å². The zero-order valence-electron chi connectivity index (χ0n) is 9.12. The number of anilines is 1. The van der Waals surface area contributed by atoms with Gasteiger partial charge in [0.1, 0.15) is 12.6 Å². The summed E-state index contributed by atoms with van der Waals surface area (Å²) in [5.41, 5.74) is 0.805. The van der Waals surface area contributed by atoms with Gasteiger partial charge in [-0.15, -0.1) is 0 Å². The topological polar surface area (TPSA) is 48.7 Å². The van der Waals surface area contributed by atoms with Crippen LogP contribution in [0, 0.1) is 11.3 Å². The van der Waals surface area contributed by atoms with Crippen LogP contribution in [0.15, 0.2) is 30.5 Å². The van der Waals surface area contributed by atoms with Crippen LogP contribution in [-0.4, -0.2) is 17.7 Å². The van der Waals surface area contributed by atoms with E-state index in [-0.39, 0.29) is 11.3 Å². The monoisotopic (exact) mass is 251 g/mol. The molecule has 18 heavy (non-hydrogen) atoms. The van der Waals surface area contributed by atoms with Gasteiger partial charge in [0.15, 0.2) is 0 Å². The van der Waals surface area contributed by atoms with Crippen LogP contribution in [0.5, 0.6) is 0 Å². The first-order valence-corrected chi connectivity index (χ1v) is 5.10. The van der Waals surface area contributed by atoms with E-state index in [1.807, 2.05) is 6.07 Å². The molecule has 0 aliphatic carbocycles. The van der Waals surface area contributed by atoms with Crippen molar-refractivity contribution in [3.05, 3.63) is 36.0 Å². The highest BCUT2D eigenvalue weighted by Gasteiger charge is 2.27. The van der Waals surface area contributed by atoms with E-state index < -0.39 is 12.7 Å². The third-order valence-corrected chi connectivity index (χ3v) is 2.36. The predicted molar refractivity (Wildman–Crippen MR) is 61.0 cm³/mol. The molecule has 1 N–H and O–H groups in total. The molecular weight excluding hydrogens is 243 g/mol. The summed E-state index contributed by atoms with van der Waals surface area (Å²) < 4.78 is 36.6. The summed E-state index contributed by atoms with van der Waals surface area (Å²) in [5, 5.41) is 11.7. The molecule has 0 saturated heterocycles. The number of pyridine rings is 1. The maximum absolute atomic E-state index is 12.2. The predicted octanol–water partition coefficient (Wildman–Crippen LogP) is 3.08. The zero-order chi connectivity index (χ0) is 13.2. The number of halogens is 3. The summed E-state index contributed by atoms with van der Waals surface area (Å²) in [7, 11) is 0. The van der Waals surface area contributed by atoms with Crippen molar-refractivity contribution in [1.29, 1.82) is 5.26 Å². The number of nitrogens with zero attached hydrogens (tertiary/aromatic N) is 2. The third-order valence-electron chi connectivity index (χ3n) is 2.36. The number of rotatable bonds is 2. The average molecular weight is 251 g/mol. The number of hydrogen-bond donors (Lipinski definition) is 1. The second kappa shape index (κ2) is 4.53. The van der Waals surface area contributed by atoms with Crippen molar-refractivity contribution in [3.63, 3.8) is 0 Å². The fourth-order valence-corrected chi connectivity index (χ4v) is 1.61. The van der Waals surface area contributed by atoms with Crippen molar-refractivity contribution in [2.24, 2.45) is 0 Å². The van der Waals surface area contributed by atoms with E-state index >= 15 is 0 Å². The quantitative estimate of drug-likeness (QED) is 0.892. The molecule has 3 nitrogen and oxygen atoms in total. The molecule has 0 amide bonds. The second-order valence-corrected chi connectivity index (χ2v) is 3.64. The molecule has 92 valence electrons. The minimum absolute atomic E-state index is 0.0953. The highest BCUT2D eigenvalue weighted by molar-refractivity contribution is 5.93. The van der Waals surface area contributed by atoms with Crippen LogP contribution in [-0.2, 0) is 0 Å². The minimum atomic E-state index is -4.34. The molecule has 2 rings (SSSR count). The number of fused-ring (bicyclic) bond motifs is 1. The molecule has 0 fully saturated rings. The highest BCUT2D eigenvalue weighted by Crippen LogP contribution is 2.26. The molecular formula is C12H8F3N3. The van der Waals surface area contributed by atoms with Gasteiger partial charge in [0.2, 0.25) is 0 Å². The average Bonchev–Trinajstić information content (AvgIpc) is 2.34. The number of aromatic nitrogens is 1. The summed E-state index contributed by atoms with van der Waals surface area (Å²) in [6.45, 7) is -1.18. The molecule has 0 radical (unpaired) electrons. The Morgan fingerprint density at radius 3 is 2.67 bits per heavy atom. The van der Waals surface area contributed by atoms with Gasteiger partial charge in [-0.2, -0.15) is 18.4 Å². The first-order chi connectivity index (χ1) is 8.51. The molecule has 1 heterocycles. The Kier molecular flexibility index (Phi) is 3.06. The van der Waals surface area contributed by atoms with Crippen molar-refractivity contribution in [2.45, 2.75) is 6.18 Å². The zero-order valence-corrected chi connectivity index (χ0v) is 9.12. The fraction of sp³-hybridized carbons (Fsp3) is 0.167. The first kappa shape index (κ1) is 12.2. The maximum atomic E-state index is 12.2. The summed E-state index contributed by atoms with van der Waals surface area (Å²) in [6, 6.07) is 8.55. The van der Waals surface area contributed by atoms with Gasteiger partial charge in [-0.3, -0.25) is 4.98 Å². The maximum Gasteiger partial charge on any atom is 0.405 e. The lowest BCUT2D eigenvalue weighted by atomic mass is 10.1. The molecule has 2 aromatic rings. The lowest BCUT2D eigenvalue weighted by molar-refractivity contribution is -0.115. The smallest absolute Gasteiger partial charge is 0.375 e. The van der Waals surface area contributed by atoms with E-state index in [2.05, 4.69) is 10.3 Å². The van der Waals surface area contributed by atoms with Gasteiger partial charge in [-0.25, -0.2) is 0 Å². The second-order valence-electron chi connectivity index (χ2n) is 3.64. The van der Waals surface area contributed by atoms with Crippen LogP contribution in [0.3, 0.4) is 0 Å². The van der Waals surface area contributed by atoms with Crippen LogP contribution in [0.25, 0.3) is 10.9 Å². The Morgan fingerprint density at radius 1 is 1.28 bits per heavy atom. The SMILES string of the molecule is N#Cc1cnc2ccccc2c1NCC(F)(F)F. The van der Waals surface area contributed by atoms with Gasteiger partial charge < -0.3 is 5.32 Å². The summed E-state index contributed by atoms with van der Waals surface area (Å²) >= 11 is 0. The van der Waals surface area contributed by atoms with E-state index in [9.17, 15) is 13.2 Å². The van der Waals surface area contributed by atoms with Crippen LogP contribution < -0.4 is 5.32 Å². The van der Waals surface area contributed by atoms with Gasteiger partial charge in [0, 0.05) is 11.6 Å². The molecule has 0 aliphatic heterocycles. The normalized spacial score (nSPS) is 11.2. The molecule has 0 bridgehead atoms. The fourth-order valence-electron chi connectivity index (χ4n) is 1.61. The van der Waals surface area contributed by atoms with Crippen LogP contribution in [0.2, 0.25) is 0 Å². The molecule has 0 atom stereocenters. The molecule has 1 aromatic carbocycles. The number of para-hydroxylation sites is 1. The van der Waals surface area contributed by atoms with Crippen molar-refractivity contribution >= 4 is 16.6 Å². The third kappa shape index (κ3) is 2.51. The Hall–Kier alpha value is -2.29. The molecule has 1 aromatic heterocycles. The lowest BCUT2D eigenvalue weighted by Gasteiger charge is -2.12. The van der Waals surface area contributed by atoms with Gasteiger partial charge in [-0.1, -0.05) is 18.2 Å². The van der Waals surface area contributed by atoms with Crippen molar-refractivity contribution in [2.75, 3.05) is 11.9 Å². The largest absolute Gasteiger partial charge is 0.405 e. The summed E-state index contributed by atoms with van der Waals surface area (Å²) in [6.07, 6.45) is -3.07. The Morgan fingerprint density at radius 2 is 2.00 bits per heavy atom. The number of hydrogen-bond acceptors (Lipinski definition) is 3. The van der Waals surface area contributed by atoms with Crippen molar-refractivity contribution < 1.29 is 13.2 Å². The Bertz CT molecular complexity index is 614. The van der Waals surface area contributed by atoms with Crippen LogP contribution >= 0.6 is 0 Å². The van der Waals surface area contributed by atoms with Crippen molar-refractivity contribution in [3.8, 4) is 6.07 Å². The van der Waals surface area contributed by atoms with E-state index in [0.717, 1.165) is 0 Å². The summed E-state index contributed by atoms with van der Waals surface area (Å²) in [4.78, 5) is 4.01. The van der Waals surface area contributed by atoms with Crippen molar-refractivity contribution in [1.82, 2.24) is 4.98 Å². The van der Waals surface area contributed by atoms with Crippen LogP contribution in [0.4, 0.5) is 18.9 Å². The molecule has 6 heteroatoms. The Labute approximate surface area is 101 Å². The lowest BCUT2D eigenvalue weighted by Crippen LogP contribution is -2.21. The standard InChI is InChI=1S/C12H8F3N3/c13-12(14,15)7-18-11-8(5-16)6-17-10-4-2-1-3-9(10)11/h1-4,6H,7H2,(H,17,18). The molecule has 0 spiro atoms. The highest BCUT2D eigenvalue weighted by atomic mass is 19.4. The number of nitrogens with one attached hydrogen (secondary N) is 1. The van der Waals surface area contributed by atoms with Gasteiger partial charge in [0.25, 0.3) is 0 Å². The molecule has 0 saturated carbocycles. The van der Waals surface area contributed by atoms with Gasteiger partial charge in [0.05, 0.1) is 16.8 Å².